The van der Waals surface area contributed by atoms with Gasteiger partial charge >= 0.3 is 6.09 Å². The number of hydrogen-bond acceptors (Lipinski definition) is 5. The van der Waals surface area contributed by atoms with E-state index in [0.717, 1.165) is 30.5 Å². The first-order valence-corrected chi connectivity index (χ1v) is 14.1. The van der Waals surface area contributed by atoms with Crippen molar-refractivity contribution in [3.05, 3.63) is 29.8 Å². The Bertz CT molecular complexity index is 933. The first-order valence-electron chi connectivity index (χ1n) is 14.1. The summed E-state index contributed by atoms with van der Waals surface area (Å²) >= 11 is 0. The molecule has 38 heavy (non-hydrogen) atoms. The smallest absolute Gasteiger partial charge is 0.407 e. The number of nitrogens with two attached hydrogens (primary N) is 1. The van der Waals surface area contributed by atoms with Gasteiger partial charge in [0.2, 0.25) is 11.8 Å². The molecule has 1 aliphatic rings. The number of para-hydroxylation sites is 1. The van der Waals surface area contributed by atoms with E-state index < -0.39 is 6.09 Å². The lowest BCUT2D eigenvalue weighted by atomic mass is 9.75. The minimum absolute atomic E-state index is 0.0231. The summed E-state index contributed by atoms with van der Waals surface area (Å²) in [7, 11) is 1.34. The number of benzene rings is 1. The summed E-state index contributed by atoms with van der Waals surface area (Å²) in [5.74, 6) is 0.331. The Balaban J connectivity index is 2.04. The number of methoxy groups -OCH3 is 1. The Morgan fingerprint density at radius 3 is 2.50 bits per heavy atom. The average molecular weight is 531 g/mol. The second kappa shape index (κ2) is 14.5. The molecule has 0 fully saturated rings. The van der Waals surface area contributed by atoms with E-state index in [1.54, 1.807) is 4.90 Å². The number of hydrogen-bond donors (Lipinski definition) is 3. The third-order valence-electron chi connectivity index (χ3n) is 7.69. The summed E-state index contributed by atoms with van der Waals surface area (Å²) in [6, 6.07) is 7.49. The number of nitrogens with one attached hydrogen (secondary N) is 2. The molecule has 0 aromatic heterocycles. The van der Waals surface area contributed by atoms with Gasteiger partial charge in [-0.1, -0.05) is 66.2 Å². The van der Waals surface area contributed by atoms with Gasteiger partial charge in [0, 0.05) is 37.2 Å². The van der Waals surface area contributed by atoms with Crippen LogP contribution in [0.25, 0.3) is 0 Å². The van der Waals surface area contributed by atoms with Crippen LogP contribution in [-0.2, 0) is 20.7 Å². The largest absolute Gasteiger partial charge is 0.453 e. The number of anilines is 1. The number of rotatable bonds is 13. The quantitative estimate of drug-likeness (QED) is 0.321. The molecule has 0 unspecified atom stereocenters. The van der Waals surface area contributed by atoms with Crippen molar-refractivity contribution >= 4 is 23.6 Å². The molecule has 1 heterocycles. The zero-order chi connectivity index (χ0) is 28.5. The lowest BCUT2D eigenvalue weighted by Crippen LogP contribution is -2.51. The first kappa shape index (κ1) is 31.6. The van der Waals surface area contributed by atoms with Gasteiger partial charge in [0.15, 0.2) is 0 Å². The molecule has 1 aromatic carbocycles. The molecule has 0 radical (unpaired) electrons. The fraction of sp³-hybridized carbons (Fsp3) is 0.700. The predicted octanol–water partition coefficient (Wildman–Crippen LogP) is 4.65. The Morgan fingerprint density at radius 1 is 1.18 bits per heavy atom. The summed E-state index contributed by atoms with van der Waals surface area (Å²) in [6.07, 6.45) is 3.92. The van der Waals surface area contributed by atoms with Crippen LogP contribution >= 0.6 is 0 Å². The van der Waals surface area contributed by atoms with E-state index >= 15 is 0 Å². The second-order valence-corrected chi connectivity index (χ2v) is 12.1. The molecule has 3 amide bonds. The summed E-state index contributed by atoms with van der Waals surface area (Å²) in [5, 5.41) is 5.92. The fourth-order valence-corrected chi connectivity index (χ4v) is 5.48. The van der Waals surface area contributed by atoms with Crippen molar-refractivity contribution in [1.82, 2.24) is 10.6 Å². The molecule has 0 spiro atoms. The number of carbonyl (C=O) groups excluding carboxylic acids is 3. The molecule has 0 saturated carbocycles. The van der Waals surface area contributed by atoms with Crippen LogP contribution in [0, 0.1) is 23.2 Å². The van der Waals surface area contributed by atoms with Crippen LogP contribution < -0.4 is 21.3 Å². The van der Waals surface area contributed by atoms with E-state index in [4.69, 9.17) is 10.5 Å². The highest BCUT2D eigenvalue weighted by molar-refractivity contribution is 5.95. The highest BCUT2D eigenvalue weighted by Crippen LogP contribution is 2.35. The average Bonchev–Trinajstić information content (AvgIpc) is 2.85. The fourth-order valence-electron chi connectivity index (χ4n) is 5.48. The molecule has 8 heteroatoms. The predicted molar refractivity (Wildman–Crippen MR) is 153 cm³/mol. The van der Waals surface area contributed by atoms with Crippen molar-refractivity contribution in [3.63, 3.8) is 0 Å². The van der Waals surface area contributed by atoms with Gasteiger partial charge in [-0.15, -0.1) is 0 Å². The van der Waals surface area contributed by atoms with E-state index in [0.29, 0.717) is 32.4 Å². The van der Waals surface area contributed by atoms with Crippen LogP contribution in [0.5, 0.6) is 0 Å². The Labute approximate surface area is 229 Å². The Kier molecular flexibility index (Phi) is 12.1. The number of amides is 3. The topological polar surface area (TPSA) is 114 Å². The van der Waals surface area contributed by atoms with Gasteiger partial charge in [0.25, 0.3) is 0 Å². The van der Waals surface area contributed by atoms with Crippen LogP contribution in [0.4, 0.5) is 10.5 Å². The van der Waals surface area contributed by atoms with Gasteiger partial charge in [0.05, 0.1) is 13.2 Å². The summed E-state index contributed by atoms with van der Waals surface area (Å²) < 4.78 is 4.77. The molecule has 4 N–H and O–H groups in total. The van der Waals surface area contributed by atoms with Crippen molar-refractivity contribution in [3.8, 4) is 0 Å². The molecule has 0 bridgehead atoms. The minimum Gasteiger partial charge on any atom is -0.453 e. The number of unbranched alkanes of at least 4 members (excludes halogenated alkanes) is 1. The van der Waals surface area contributed by atoms with E-state index in [1.807, 2.05) is 24.3 Å². The maximum absolute atomic E-state index is 13.6. The monoisotopic (exact) mass is 530 g/mol. The van der Waals surface area contributed by atoms with Gasteiger partial charge in [-0.2, -0.15) is 0 Å². The number of alkyl carbamates (subject to hydrolysis) is 1. The van der Waals surface area contributed by atoms with E-state index in [-0.39, 0.29) is 47.1 Å². The van der Waals surface area contributed by atoms with Gasteiger partial charge in [-0.05, 0) is 54.6 Å². The SMILES string of the molecule is CCCCNC(=O)[C@@H](C[C@H](N)[C@@H](C)CC(C)(C)CC(=O)N1C[C@H](NC(=O)OC)Cc2ccccc21)C(C)C. The Hall–Kier alpha value is -2.61. The van der Waals surface area contributed by atoms with Gasteiger partial charge in [-0.3, -0.25) is 9.59 Å². The molecule has 214 valence electrons. The standard InChI is InChI=1S/C30H50N4O4/c1-8-9-14-32-28(36)24(20(2)3)16-25(31)21(4)17-30(5,6)18-27(35)34-19-23(33-29(37)38-7)15-22-12-10-11-13-26(22)34/h10-13,20-21,23-25H,8-9,14-19,31H2,1-7H3,(H,32,36)(H,33,37)/t21-,23+,24-,25-/m0/s1. The molecule has 4 atom stereocenters. The van der Waals surface area contributed by atoms with Gasteiger partial charge in [-0.25, -0.2) is 4.79 Å². The van der Waals surface area contributed by atoms with Crippen LogP contribution in [0.15, 0.2) is 24.3 Å². The van der Waals surface area contributed by atoms with Crippen molar-refractivity contribution < 1.29 is 19.1 Å². The maximum Gasteiger partial charge on any atom is 0.407 e. The molecule has 1 aliphatic heterocycles. The molecular formula is C30H50N4O4. The third kappa shape index (κ3) is 9.29. The molecule has 0 aliphatic carbocycles. The molecule has 8 nitrogen and oxygen atoms in total. The van der Waals surface area contributed by atoms with Crippen molar-refractivity contribution in [2.45, 2.75) is 92.2 Å². The summed E-state index contributed by atoms with van der Waals surface area (Å²) in [4.78, 5) is 40.0. The molecule has 1 aromatic rings. The summed E-state index contributed by atoms with van der Waals surface area (Å²) in [5.41, 5.74) is 8.28. The zero-order valence-electron chi connectivity index (χ0n) is 24.5. The lowest BCUT2D eigenvalue weighted by Gasteiger charge is -2.37. The number of carbonyl (C=O) groups is 3. The Morgan fingerprint density at radius 2 is 1.87 bits per heavy atom. The van der Waals surface area contributed by atoms with Crippen molar-refractivity contribution in [2.24, 2.45) is 28.9 Å². The zero-order valence-corrected chi connectivity index (χ0v) is 24.5. The van der Waals surface area contributed by atoms with Crippen LogP contribution in [0.1, 0.15) is 79.2 Å². The second-order valence-electron chi connectivity index (χ2n) is 12.1. The van der Waals surface area contributed by atoms with E-state index in [2.05, 4.69) is 52.2 Å². The number of nitrogens with zero attached hydrogens (tertiary/aromatic N) is 1. The molecular weight excluding hydrogens is 480 g/mol. The maximum atomic E-state index is 13.6. The third-order valence-corrected chi connectivity index (χ3v) is 7.69. The van der Waals surface area contributed by atoms with E-state index in [1.165, 1.54) is 7.11 Å². The van der Waals surface area contributed by atoms with Crippen LogP contribution in [-0.4, -0.2) is 50.2 Å². The number of fused-ring (bicyclic) bond motifs is 1. The normalized spacial score (nSPS) is 17.8. The van der Waals surface area contributed by atoms with Gasteiger partial charge in [0.1, 0.15) is 0 Å². The van der Waals surface area contributed by atoms with Crippen molar-refractivity contribution in [1.29, 1.82) is 0 Å². The minimum atomic E-state index is -0.497. The van der Waals surface area contributed by atoms with Crippen LogP contribution in [0.3, 0.4) is 0 Å². The van der Waals surface area contributed by atoms with Crippen LogP contribution in [0.2, 0.25) is 0 Å². The summed E-state index contributed by atoms with van der Waals surface area (Å²) in [6.45, 7) is 13.7. The highest BCUT2D eigenvalue weighted by atomic mass is 16.5. The highest BCUT2D eigenvalue weighted by Gasteiger charge is 2.35. The van der Waals surface area contributed by atoms with Crippen molar-refractivity contribution in [2.75, 3.05) is 25.1 Å². The number of ether oxygens (including phenoxy) is 1. The lowest BCUT2D eigenvalue weighted by molar-refractivity contribution is -0.126. The van der Waals surface area contributed by atoms with E-state index in [9.17, 15) is 14.4 Å². The van der Waals surface area contributed by atoms with Gasteiger partial charge < -0.3 is 26.0 Å². The molecule has 0 saturated heterocycles. The molecule has 2 rings (SSSR count). The first-order chi connectivity index (χ1) is 17.9.